The average molecular weight is 317 g/mol. The van der Waals surface area contributed by atoms with Gasteiger partial charge in [-0.3, -0.25) is 4.79 Å². The first-order valence-corrected chi connectivity index (χ1v) is 8.51. The molecule has 1 aromatic carbocycles. The van der Waals surface area contributed by atoms with Gasteiger partial charge in [0.1, 0.15) is 11.3 Å². The van der Waals surface area contributed by atoms with Crippen molar-refractivity contribution in [3.63, 3.8) is 0 Å². The highest BCUT2D eigenvalue weighted by molar-refractivity contribution is 5.89. The predicted octanol–water partition coefficient (Wildman–Crippen LogP) is 1.57. The SMILES string of the molecule is COc1cccc2c1CCC2(N)C(=O)NCC1(N)CCCCC1. The van der Waals surface area contributed by atoms with Gasteiger partial charge in [0.25, 0.3) is 0 Å². The van der Waals surface area contributed by atoms with E-state index in [4.69, 9.17) is 16.2 Å². The Hall–Kier alpha value is -1.59. The first-order chi connectivity index (χ1) is 11.0. The number of benzene rings is 1. The van der Waals surface area contributed by atoms with Crippen molar-refractivity contribution in [3.8, 4) is 5.75 Å². The first-order valence-electron chi connectivity index (χ1n) is 8.51. The monoisotopic (exact) mass is 317 g/mol. The molecule has 5 nitrogen and oxygen atoms in total. The van der Waals surface area contributed by atoms with Crippen LogP contribution in [0.25, 0.3) is 0 Å². The van der Waals surface area contributed by atoms with Crippen LogP contribution in [0.1, 0.15) is 49.7 Å². The third kappa shape index (κ3) is 2.95. The van der Waals surface area contributed by atoms with Crippen molar-refractivity contribution in [1.29, 1.82) is 0 Å². The van der Waals surface area contributed by atoms with Gasteiger partial charge in [-0.25, -0.2) is 0 Å². The number of nitrogens with one attached hydrogen (secondary N) is 1. The summed E-state index contributed by atoms with van der Waals surface area (Å²) < 4.78 is 5.39. The average Bonchev–Trinajstić information content (AvgIpc) is 2.92. The third-order valence-corrected chi connectivity index (χ3v) is 5.46. The van der Waals surface area contributed by atoms with Gasteiger partial charge in [0.05, 0.1) is 7.11 Å². The zero-order valence-electron chi connectivity index (χ0n) is 13.9. The van der Waals surface area contributed by atoms with Crippen LogP contribution in [0, 0.1) is 0 Å². The number of carbonyl (C=O) groups is 1. The summed E-state index contributed by atoms with van der Waals surface area (Å²) >= 11 is 0. The van der Waals surface area contributed by atoms with Crippen LogP contribution in [-0.4, -0.2) is 25.1 Å². The highest BCUT2D eigenvalue weighted by Gasteiger charge is 2.43. The molecule has 2 aliphatic carbocycles. The second-order valence-electron chi connectivity index (χ2n) is 7.06. The molecule has 1 atom stereocenters. The molecule has 5 N–H and O–H groups in total. The lowest BCUT2D eigenvalue weighted by Crippen LogP contribution is -2.56. The van der Waals surface area contributed by atoms with E-state index < -0.39 is 5.54 Å². The molecule has 1 unspecified atom stereocenters. The maximum absolute atomic E-state index is 12.8. The van der Waals surface area contributed by atoms with Crippen molar-refractivity contribution < 1.29 is 9.53 Å². The number of fused-ring (bicyclic) bond motifs is 1. The number of ether oxygens (including phenoxy) is 1. The Morgan fingerprint density at radius 3 is 2.65 bits per heavy atom. The molecule has 1 saturated carbocycles. The zero-order chi connectivity index (χ0) is 16.5. The number of methoxy groups -OCH3 is 1. The Balaban J connectivity index is 1.73. The van der Waals surface area contributed by atoms with Gasteiger partial charge in [-0.05, 0) is 42.9 Å². The second kappa shape index (κ2) is 6.13. The fourth-order valence-electron chi connectivity index (χ4n) is 3.97. The number of amides is 1. The van der Waals surface area contributed by atoms with Gasteiger partial charge < -0.3 is 21.5 Å². The fourth-order valence-corrected chi connectivity index (χ4v) is 3.97. The number of nitrogens with two attached hydrogens (primary N) is 2. The van der Waals surface area contributed by atoms with Crippen LogP contribution >= 0.6 is 0 Å². The standard InChI is InChI=1S/C18H27N3O2/c1-23-15-7-5-6-14-13(15)8-11-18(14,20)16(22)21-12-17(19)9-3-2-4-10-17/h5-7H,2-4,8-12,19-20H2,1H3,(H,21,22). The molecule has 0 spiro atoms. The highest BCUT2D eigenvalue weighted by atomic mass is 16.5. The minimum Gasteiger partial charge on any atom is -0.496 e. The molecule has 3 rings (SSSR count). The predicted molar refractivity (Wildman–Crippen MR) is 90.2 cm³/mol. The topological polar surface area (TPSA) is 90.4 Å². The molecule has 1 fully saturated rings. The summed E-state index contributed by atoms with van der Waals surface area (Å²) in [6, 6.07) is 5.74. The van der Waals surface area contributed by atoms with Crippen molar-refractivity contribution in [1.82, 2.24) is 5.32 Å². The first kappa shape index (κ1) is 16.3. The molecule has 1 amide bonds. The van der Waals surface area contributed by atoms with E-state index in [2.05, 4.69) is 5.32 Å². The van der Waals surface area contributed by atoms with Crippen LogP contribution in [0.2, 0.25) is 0 Å². The Kier molecular flexibility index (Phi) is 4.34. The lowest BCUT2D eigenvalue weighted by atomic mass is 9.82. The molecule has 5 heteroatoms. The molecule has 0 radical (unpaired) electrons. The van der Waals surface area contributed by atoms with Crippen LogP contribution in [0.5, 0.6) is 5.75 Å². The number of carbonyl (C=O) groups excluding carboxylic acids is 1. The van der Waals surface area contributed by atoms with Crippen molar-refractivity contribution in [2.24, 2.45) is 11.5 Å². The smallest absolute Gasteiger partial charge is 0.244 e. The number of hydrogen-bond donors (Lipinski definition) is 3. The van der Waals surface area contributed by atoms with Gasteiger partial charge >= 0.3 is 0 Å². The minimum absolute atomic E-state index is 0.125. The van der Waals surface area contributed by atoms with Crippen molar-refractivity contribution in [3.05, 3.63) is 29.3 Å². The largest absolute Gasteiger partial charge is 0.496 e. The normalized spacial score (nSPS) is 25.7. The van der Waals surface area contributed by atoms with E-state index in [1.165, 1.54) is 6.42 Å². The van der Waals surface area contributed by atoms with E-state index in [0.29, 0.717) is 13.0 Å². The number of hydrogen-bond acceptors (Lipinski definition) is 4. The second-order valence-corrected chi connectivity index (χ2v) is 7.06. The molecule has 23 heavy (non-hydrogen) atoms. The van der Waals surface area contributed by atoms with Crippen LogP contribution in [0.3, 0.4) is 0 Å². The molecule has 0 aromatic heterocycles. The van der Waals surface area contributed by atoms with Gasteiger partial charge in [0, 0.05) is 12.1 Å². The van der Waals surface area contributed by atoms with E-state index in [9.17, 15) is 4.79 Å². The van der Waals surface area contributed by atoms with E-state index in [1.54, 1.807) is 7.11 Å². The van der Waals surface area contributed by atoms with Crippen LogP contribution < -0.4 is 21.5 Å². The molecule has 0 saturated heterocycles. The molecular formula is C18H27N3O2. The fraction of sp³-hybridized carbons (Fsp3) is 0.611. The Morgan fingerprint density at radius 2 is 1.96 bits per heavy atom. The summed E-state index contributed by atoms with van der Waals surface area (Å²) in [5.41, 5.74) is 13.6. The lowest BCUT2D eigenvalue weighted by molar-refractivity contribution is -0.127. The maximum Gasteiger partial charge on any atom is 0.244 e. The van der Waals surface area contributed by atoms with Crippen LogP contribution in [0.15, 0.2) is 18.2 Å². The van der Waals surface area contributed by atoms with Crippen molar-refractivity contribution in [2.75, 3.05) is 13.7 Å². The van der Waals surface area contributed by atoms with E-state index in [-0.39, 0.29) is 11.4 Å². The summed E-state index contributed by atoms with van der Waals surface area (Å²) in [4.78, 5) is 12.8. The van der Waals surface area contributed by atoms with Gasteiger partial charge in [0.2, 0.25) is 5.91 Å². The summed E-state index contributed by atoms with van der Waals surface area (Å²) in [5.74, 6) is 0.685. The van der Waals surface area contributed by atoms with Gasteiger partial charge in [-0.15, -0.1) is 0 Å². The van der Waals surface area contributed by atoms with Gasteiger partial charge in [0.15, 0.2) is 0 Å². The van der Waals surface area contributed by atoms with E-state index in [0.717, 1.165) is 49.0 Å². The van der Waals surface area contributed by atoms with E-state index >= 15 is 0 Å². The lowest BCUT2D eigenvalue weighted by Gasteiger charge is -2.35. The molecule has 126 valence electrons. The molecule has 0 bridgehead atoms. The van der Waals surface area contributed by atoms with Crippen LogP contribution in [0.4, 0.5) is 0 Å². The van der Waals surface area contributed by atoms with Crippen molar-refractivity contribution >= 4 is 5.91 Å². The molecule has 2 aliphatic rings. The van der Waals surface area contributed by atoms with Crippen molar-refractivity contribution in [2.45, 2.75) is 56.0 Å². The quantitative estimate of drug-likeness (QED) is 0.786. The Morgan fingerprint density at radius 1 is 1.22 bits per heavy atom. The molecule has 0 aliphatic heterocycles. The molecule has 0 heterocycles. The van der Waals surface area contributed by atoms with E-state index in [1.807, 2.05) is 18.2 Å². The number of rotatable bonds is 4. The Bertz CT molecular complexity index is 596. The zero-order valence-corrected chi connectivity index (χ0v) is 13.9. The Labute approximate surface area is 137 Å². The summed E-state index contributed by atoms with van der Waals surface area (Å²) in [6.07, 6.45) is 6.81. The maximum atomic E-state index is 12.8. The molecular weight excluding hydrogens is 290 g/mol. The van der Waals surface area contributed by atoms with Crippen LogP contribution in [-0.2, 0) is 16.8 Å². The van der Waals surface area contributed by atoms with Gasteiger partial charge in [-0.1, -0.05) is 31.4 Å². The third-order valence-electron chi connectivity index (χ3n) is 5.46. The summed E-state index contributed by atoms with van der Waals surface area (Å²) in [6.45, 7) is 0.504. The summed E-state index contributed by atoms with van der Waals surface area (Å²) in [7, 11) is 1.65. The van der Waals surface area contributed by atoms with Gasteiger partial charge in [-0.2, -0.15) is 0 Å². The highest BCUT2D eigenvalue weighted by Crippen LogP contribution is 2.39. The molecule has 1 aromatic rings. The summed E-state index contributed by atoms with van der Waals surface area (Å²) in [5, 5.41) is 3.02. The minimum atomic E-state index is -0.977.